The van der Waals surface area contributed by atoms with Crippen LogP contribution in [0.5, 0.6) is 11.5 Å². The number of anilines is 1. The van der Waals surface area contributed by atoms with Crippen molar-refractivity contribution in [3.8, 4) is 11.5 Å². The van der Waals surface area contributed by atoms with Gasteiger partial charge in [-0.15, -0.1) is 0 Å². The van der Waals surface area contributed by atoms with Gasteiger partial charge in [0.15, 0.2) is 11.5 Å². The molecule has 2 fully saturated rings. The Kier molecular flexibility index (Phi) is 6.55. The van der Waals surface area contributed by atoms with Gasteiger partial charge in [0.25, 0.3) is 0 Å². The summed E-state index contributed by atoms with van der Waals surface area (Å²) < 4.78 is 11.1. The van der Waals surface area contributed by atoms with Crippen LogP contribution in [0.4, 0.5) is 5.69 Å². The maximum absolute atomic E-state index is 13.1. The first-order chi connectivity index (χ1) is 15.4. The molecule has 32 heavy (non-hydrogen) atoms. The van der Waals surface area contributed by atoms with Gasteiger partial charge >= 0.3 is 0 Å². The lowest BCUT2D eigenvalue weighted by molar-refractivity contribution is -0.139. The number of likely N-dealkylation sites (tertiary alicyclic amines) is 1. The molecular weight excluding hydrogens is 414 g/mol. The number of rotatable bonds is 6. The average Bonchev–Trinajstić information content (AvgIpc) is 3.43. The fourth-order valence-electron chi connectivity index (χ4n) is 4.61. The van der Waals surface area contributed by atoms with E-state index in [4.69, 9.17) is 9.47 Å². The zero-order chi connectivity index (χ0) is 22.8. The lowest BCUT2D eigenvalue weighted by atomic mass is 10.00. The third-order valence-corrected chi connectivity index (χ3v) is 6.43. The van der Waals surface area contributed by atoms with Crippen LogP contribution < -0.4 is 19.7 Å². The molecule has 4 rings (SSSR count). The highest BCUT2D eigenvalue weighted by molar-refractivity contribution is 6.01. The molecule has 3 unspecified atom stereocenters. The third kappa shape index (κ3) is 4.39. The Bertz CT molecular complexity index is 888. The van der Waals surface area contributed by atoms with Crippen LogP contribution in [0, 0.1) is 11.8 Å². The Morgan fingerprint density at radius 3 is 2.69 bits per heavy atom. The third-order valence-electron chi connectivity index (χ3n) is 6.43. The standard InChI is InChI=1S/C23H31N3O6/c1-14(2)21(23(30)25-7-3-4-17(25)13-27)24-22(29)15-10-20(28)26(12-15)16-5-6-18-19(11-16)32-9-8-31-18/h5-6,11,14-15,17,21,27H,3-4,7-10,12-13H2,1-2H3,(H,24,29). The van der Waals surface area contributed by atoms with Gasteiger partial charge in [0.2, 0.25) is 17.7 Å². The zero-order valence-corrected chi connectivity index (χ0v) is 18.6. The zero-order valence-electron chi connectivity index (χ0n) is 18.6. The molecule has 3 amide bonds. The lowest BCUT2D eigenvalue weighted by Crippen LogP contribution is -2.54. The van der Waals surface area contributed by atoms with Crippen LogP contribution in [-0.4, -0.2) is 72.7 Å². The fraction of sp³-hybridized carbons (Fsp3) is 0.609. The summed E-state index contributed by atoms with van der Waals surface area (Å²) in [7, 11) is 0. The molecule has 9 heteroatoms. The molecule has 3 heterocycles. The maximum Gasteiger partial charge on any atom is 0.245 e. The fourth-order valence-corrected chi connectivity index (χ4v) is 4.61. The summed E-state index contributed by atoms with van der Waals surface area (Å²) in [6.07, 6.45) is 1.70. The molecule has 0 radical (unpaired) electrons. The quantitative estimate of drug-likeness (QED) is 0.675. The summed E-state index contributed by atoms with van der Waals surface area (Å²) in [6, 6.07) is 4.43. The molecule has 9 nitrogen and oxygen atoms in total. The molecule has 0 bridgehead atoms. The van der Waals surface area contributed by atoms with Gasteiger partial charge in [0.05, 0.1) is 18.6 Å². The van der Waals surface area contributed by atoms with E-state index >= 15 is 0 Å². The van der Waals surface area contributed by atoms with E-state index in [1.165, 1.54) is 0 Å². The summed E-state index contributed by atoms with van der Waals surface area (Å²) in [6.45, 7) is 5.46. The van der Waals surface area contributed by atoms with Crippen molar-refractivity contribution in [3.63, 3.8) is 0 Å². The van der Waals surface area contributed by atoms with Gasteiger partial charge < -0.3 is 29.7 Å². The van der Waals surface area contributed by atoms with Gasteiger partial charge in [-0.2, -0.15) is 0 Å². The minimum absolute atomic E-state index is 0.0773. The Morgan fingerprint density at radius 1 is 1.22 bits per heavy atom. The highest BCUT2D eigenvalue weighted by atomic mass is 16.6. The van der Waals surface area contributed by atoms with E-state index < -0.39 is 12.0 Å². The number of ether oxygens (including phenoxy) is 2. The first-order valence-electron chi connectivity index (χ1n) is 11.3. The summed E-state index contributed by atoms with van der Waals surface area (Å²) >= 11 is 0. The molecule has 0 spiro atoms. The van der Waals surface area contributed by atoms with Crippen molar-refractivity contribution in [1.82, 2.24) is 10.2 Å². The number of hydrogen-bond acceptors (Lipinski definition) is 6. The van der Waals surface area contributed by atoms with E-state index in [2.05, 4.69) is 5.32 Å². The number of aliphatic hydroxyl groups excluding tert-OH is 1. The van der Waals surface area contributed by atoms with E-state index in [1.54, 1.807) is 28.0 Å². The Labute approximate surface area is 187 Å². The van der Waals surface area contributed by atoms with E-state index in [0.717, 1.165) is 12.8 Å². The number of carbonyl (C=O) groups is 3. The van der Waals surface area contributed by atoms with Crippen molar-refractivity contribution < 1.29 is 29.0 Å². The van der Waals surface area contributed by atoms with E-state index in [0.29, 0.717) is 36.9 Å². The number of fused-ring (bicyclic) bond motifs is 1. The van der Waals surface area contributed by atoms with Crippen LogP contribution in [0.2, 0.25) is 0 Å². The van der Waals surface area contributed by atoms with E-state index in [-0.39, 0.29) is 49.3 Å². The first-order valence-corrected chi connectivity index (χ1v) is 11.3. The summed E-state index contributed by atoms with van der Waals surface area (Å²) in [5, 5.41) is 12.4. The molecule has 0 saturated carbocycles. The van der Waals surface area contributed by atoms with Crippen LogP contribution >= 0.6 is 0 Å². The summed E-state index contributed by atoms with van der Waals surface area (Å²) in [4.78, 5) is 42.0. The van der Waals surface area contributed by atoms with Crippen molar-refractivity contribution in [1.29, 1.82) is 0 Å². The highest BCUT2D eigenvalue weighted by Crippen LogP contribution is 2.36. The van der Waals surface area contributed by atoms with Gasteiger partial charge in [-0.1, -0.05) is 13.8 Å². The molecule has 0 aliphatic carbocycles. The van der Waals surface area contributed by atoms with Crippen molar-refractivity contribution in [2.24, 2.45) is 11.8 Å². The SMILES string of the molecule is CC(C)C(NC(=O)C1CC(=O)N(c2ccc3c(c2)OCCO3)C1)C(=O)N1CCCC1CO. The van der Waals surface area contributed by atoms with E-state index in [9.17, 15) is 19.5 Å². The molecule has 2 saturated heterocycles. The smallest absolute Gasteiger partial charge is 0.245 e. The molecule has 3 aliphatic rings. The van der Waals surface area contributed by atoms with Gasteiger partial charge in [-0.25, -0.2) is 0 Å². The number of nitrogens with one attached hydrogen (secondary N) is 1. The summed E-state index contributed by atoms with van der Waals surface area (Å²) in [5.41, 5.74) is 0.661. The number of nitrogens with zero attached hydrogens (tertiary/aromatic N) is 2. The van der Waals surface area contributed by atoms with Crippen molar-refractivity contribution in [2.75, 3.05) is 37.8 Å². The Hall–Kier alpha value is -2.81. The molecule has 1 aromatic carbocycles. The molecule has 3 atom stereocenters. The van der Waals surface area contributed by atoms with Crippen LogP contribution in [-0.2, 0) is 14.4 Å². The molecule has 174 valence electrons. The summed E-state index contributed by atoms with van der Waals surface area (Å²) in [5.74, 6) is -0.0436. The van der Waals surface area contributed by atoms with Crippen molar-refractivity contribution >= 4 is 23.4 Å². The average molecular weight is 446 g/mol. The second-order valence-electron chi connectivity index (χ2n) is 8.97. The number of aliphatic hydroxyl groups is 1. The molecule has 0 aromatic heterocycles. The second kappa shape index (κ2) is 9.36. The van der Waals surface area contributed by atoms with Crippen LogP contribution in [0.1, 0.15) is 33.1 Å². The van der Waals surface area contributed by atoms with Crippen LogP contribution in [0.15, 0.2) is 18.2 Å². The van der Waals surface area contributed by atoms with Gasteiger partial charge in [0, 0.05) is 31.3 Å². The number of hydrogen-bond donors (Lipinski definition) is 2. The Balaban J connectivity index is 1.43. The second-order valence-corrected chi connectivity index (χ2v) is 8.97. The minimum atomic E-state index is -0.687. The normalized spacial score (nSPS) is 23.6. The highest BCUT2D eigenvalue weighted by Gasteiger charge is 2.39. The largest absolute Gasteiger partial charge is 0.486 e. The van der Waals surface area contributed by atoms with Gasteiger partial charge in [-0.05, 0) is 30.9 Å². The maximum atomic E-state index is 13.1. The van der Waals surface area contributed by atoms with Crippen molar-refractivity contribution in [3.05, 3.63) is 18.2 Å². The van der Waals surface area contributed by atoms with Crippen LogP contribution in [0.25, 0.3) is 0 Å². The van der Waals surface area contributed by atoms with E-state index in [1.807, 2.05) is 13.8 Å². The lowest BCUT2D eigenvalue weighted by Gasteiger charge is -2.31. The predicted molar refractivity (Wildman–Crippen MR) is 116 cm³/mol. The molecule has 1 aromatic rings. The molecular formula is C23H31N3O6. The van der Waals surface area contributed by atoms with Gasteiger partial charge in [-0.3, -0.25) is 14.4 Å². The van der Waals surface area contributed by atoms with Crippen molar-refractivity contribution in [2.45, 2.75) is 45.2 Å². The molecule has 3 aliphatic heterocycles. The first kappa shape index (κ1) is 22.4. The van der Waals surface area contributed by atoms with Gasteiger partial charge in [0.1, 0.15) is 19.3 Å². The number of benzene rings is 1. The van der Waals surface area contributed by atoms with Crippen LogP contribution in [0.3, 0.4) is 0 Å². The number of amides is 3. The number of carbonyl (C=O) groups excluding carboxylic acids is 3. The topological polar surface area (TPSA) is 108 Å². The monoisotopic (exact) mass is 445 g/mol. The predicted octanol–water partition coefficient (Wildman–Crippen LogP) is 0.935. The molecule has 2 N–H and O–H groups in total. The minimum Gasteiger partial charge on any atom is -0.486 e. The Morgan fingerprint density at radius 2 is 1.97 bits per heavy atom.